The van der Waals surface area contributed by atoms with Crippen molar-refractivity contribution in [1.29, 1.82) is 0 Å². The first-order valence-electron chi connectivity index (χ1n) is 8.34. The van der Waals surface area contributed by atoms with Gasteiger partial charge in [0.2, 0.25) is 0 Å². The van der Waals surface area contributed by atoms with Gasteiger partial charge >= 0.3 is 23.4 Å². The first-order chi connectivity index (χ1) is 10.9. The summed E-state index contributed by atoms with van der Waals surface area (Å²) in [5.41, 5.74) is -2.96. The maximum atomic E-state index is 11.0. The molecule has 0 rings (SSSR count). The minimum Gasteiger partial charge on any atom is -0.479 e. The molecule has 0 saturated carbocycles. The summed E-state index contributed by atoms with van der Waals surface area (Å²) in [6.45, 7) is 2.23. The fraction of sp³-hybridized carbons (Fsp3) is 0.812. The topological polar surface area (TPSA) is 124 Å². The molecule has 7 nitrogen and oxygen atoms in total. The van der Waals surface area contributed by atoms with Crippen LogP contribution < -0.4 is 5.32 Å². The van der Waals surface area contributed by atoms with Gasteiger partial charge in [-0.3, -0.25) is 5.32 Å². The first-order valence-corrected chi connectivity index (χ1v) is 8.34. The van der Waals surface area contributed by atoms with Crippen molar-refractivity contribution < 1.29 is 29.7 Å². The summed E-state index contributed by atoms with van der Waals surface area (Å²) in [4.78, 5) is 33.0. The summed E-state index contributed by atoms with van der Waals surface area (Å²) in [6.07, 6.45) is 10.9. The zero-order valence-corrected chi connectivity index (χ0v) is 15.1. The van der Waals surface area contributed by atoms with Crippen molar-refractivity contribution in [3.8, 4) is 0 Å². The molecule has 0 atom stereocenters. The molecule has 0 aromatic heterocycles. The maximum Gasteiger partial charge on any atom is 0.347 e. The van der Waals surface area contributed by atoms with Crippen LogP contribution in [0.15, 0.2) is 0 Å². The highest BCUT2D eigenvalue weighted by Gasteiger charge is 2.54. The fourth-order valence-corrected chi connectivity index (χ4v) is 2.39. The van der Waals surface area contributed by atoms with E-state index in [1.165, 1.54) is 38.5 Å². The van der Waals surface area contributed by atoms with E-state index in [2.05, 4.69) is 12.2 Å². The molecule has 0 bridgehead atoms. The van der Waals surface area contributed by atoms with E-state index in [1.807, 2.05) is 0 Å². The Morgan fingerprint density at radius 2 is 1.04 bits per heavy atom. The molecule has 8 heteroatoms. The molecule has 0 unspecified atom stereocenters. The number of nitrogens with one attached hydrogen (secondary N) is 1. The summed E-state index contributed by atoms with van der Waals surface area (Å²) >= 11 is 0. The lowest BCUT2D eigenvalue weighted by atomic mass is 10.00. The predicted octanol–water partition coefficient (Wildman–Crippen LogP) is 2.91. The number of rotatable bonds is 15. The Labute approximate surface area is 149 Å². The molecule has 4 N–H and O–H groups in total. The quantitative estimate of drug-likeness (QED) is 0.259. The van der Waals surface area contributed by atoms with Crippen molar-refractivity contribution in [3.63, 3.8) is 0 Å². The molecular formula is C16H30ClNO6. The van der Waals surface area contributed by atoms with Crippen LogP contribution in [0.4, 0.5) is 0 Å². The molecule has 0 aromatic rings. The van der Waals surface area contributed by atoms with E-state index in [4.69, 9.17) is 15.3 Å². The van der Waals surface area contributed by atoms with E-state index < -0.39 is 23.4 Å². The minimum absolute atomic E-state index is 0. The molecule has 24 heavy (non-hydrogen) atoms. The van der Waals surface area contributed by atoms with Gasteiger partial charge in [-0.2, -0.15) is 0 Å². The smallest absolute Gasteiger partial charge is 0.347 e. The molecule has 0 fully saturated rings. The van der Waals surface area contributed by atoms with E-state index in [0.29, 0.717) is 6.42 Å². The Hall–Kier alpha value is -1.34. The summed E-state index contributed by atoms with van der Waals surface area (Å²) in [5, 5.41) is 28.9. The van der Waals surface area contributed by atoms with Crippen molar-refractivity contribution in [3.05, 3.63) is 0 Å². The number of unbranched alkanes of at least 4 members (excludes halogenated alkanes) is 9. The van der Waals surface area contributed by atoms with Gasteiger partial charge in [0.05, 0.1) is 0 Å². The van der Waals surface area contributed by atoms with Crippen LogP contribution in [-0.2, 0) is 14.4 Å². The average Bonchev–Trinajstić information content (AvgIpc) is 2.47. The van der Waals surface area contributed by atoms with E-state index in [9.17, 15) is 14.4 Å². The number of carboxylic acid groups (broad SMARTS) is 3. The SMILES string of the molecule is CCCCCCCCCCCCNC(C(=O)O)(C(=O)O)C(=O)O.Cl. The lowest BCUT2D eigenvalue weighted by Gasteiger charge is -2.21. The molecule has 0 aliphatic carbocycles. The Morgan fingerprint density at radius 3 is 1.38 bits per heavy atom. The lowest BCUT2D eigenvalue weighted by molar-refractivity contribution is -0.169. The van der Waals surface area contributed by atoms with Crippen LogP contribution in [0.3, 0.4) is 0 Å². The number of aliphatic carboxylic acids is 3. The molecule has 0 saturated heterocycles. The van der Waals surface area contributed by atoms with Crippen LogP contribution in [-0.4, -0.2) is 45.3 Å². The van der Waals surface area contributed by atoms with Crippen molar-refractivity contribution in [2.24, 2.45) is 0 Å². The van der Waals surface area contributed by atoms with Crippen molar-refractivity contribution in [2.75, 3.05) is 6.54 Å². The highest BCUT2D eigenvalue weighted by molar-refractivity contribution is 6.21. The van der Waals surface area contributed by atoms with Gasteiger partial charge in [0.1, 0.15) is 0 Å². The highest BCUT2D eigenvalue weighted by Crippen LogP contribution is 2.11. The van der Waals surface area contributed by atoms with Crippen molar-refractivity contribution in [1.82, 2.24) is 5.32 Å². The second-order valence-corrected chi connectivity index (χ2v) is 5.77. The Kier molecular flexibility index (Phi) is 14.6. The number of hydrogen-bond acceptors (Lipinski definition) is 4. The van der Waals surface area contributed by atoms with Crippen LogP contribution in [0.1, 0.15) is 71.1 Å². The van der Waals surface area contributed by atoms with Gasteiger partial charge < -0.3 is 15.3 Å². The van der Waals surface area contributed by atoms with Gasteiger partial charge in [-0.05, 0) is 13.0 Å². The van der Waals surface area contributed by atoms with E-state index in [0.717, 1.165) is 19.3 Å². The van der Waals surface area contributed by atoms with E-state index >= 15 is 0 Å². The number of carboxylic acids is 3. The predicted molar refractivity (Wildman–Crippen MR) is 92.7 cm³/mol. The molecule has 0 heterocycles. The molecular weight excluding hydrogens is 338 g/mol. The summed E-state index contributed by atoms with van der Waals surface area (Å²) in [6, 6.07) is 0. The Morgan fingerprint density at radius 1 is 0.708 bits per heavy atom. The summed E-state index contributed by atoms with van der Waals surface area (Å²) < 4.78 is 0. The zero-order valence-electron chi connectivity index (χ0n) is 14.3. The zero-order chi connectivity index (χ0) is 17.7. The highest BCUT2D eigenvalue weighted by atomic mass is 35.5. The number of hydrogen-bond donors (Lipinski definition) is 4. The third kappa shape index (κ3) is 8.49. The van der Waals surface area contributed by atoms with Gasteiger partial charge in [0.15, 0.2) is 0 Å². The van der Waals surface area contributed by atoms with E-state index in [-0.39, 0.29) is 19.0 Å². The molecule has 0 aliphatic heterocycles. The molecule has 0 aliphatic rings. The van der Waals surface area contributed by atoms with Crippen molar-refractivity contribution in [2.45, 2.75) is 76.7 Å². The van der Waals surface area contributed by atoms with Crippen LogP contribution in [0.2, 0.25) is 0 Å². The molecule has 0 radical (unpaired) electrons. The van der Waals surface area contributed by atoms with Gasteiger partial charge in [-0.1, -0.05) is 64.7 Å². The summed E-state index contributed by atoms with van der Waals surface area (Å²) in [7, 11) is 0. The number of carbonyl (C=O) groups is 3. The van der Waals surface area contributed by atoms with Crippen LogP contribution in [0.25, 0.3) is 0 Å². The molecule has 0 spiro atoms. The first kappa shape index (κ1) is 24.9. The van der Waals surface area contributed by atoms with Crippen LogP contribution >= 0.6 is 12.4 Å². The Bertz CT molecular complexity index is 353. The average molecular weight is 368 g/mol. The molecule has 0 amide bonds. The Balaban J connectivity index is 0. The standard InChI is InChI=1S/C16H29NO6.ClH/c1-2-3-4-5-6-7-8-9-10-11-12-17-16(13(18)19,14(20)21)15(22)23;/h17H,2-12H2,1H3,(H,18,19)(H,20,21)(H,22,23);1H. The largest absolute Gasteiger partial charge is 0.479 e. The van der Waals surface area contributed by atoms with Crippen molar-refractivity contribution >= 4 is 30.3 Å². The van der Waals surface area contributed by atoms with Crippen LogP contribution in [0.5, 0.6) is 0 Å². The molecule has 142 valence electrons. The summed E-state index contributed by atoms with van der Waals surface area (Å²) in [5.74, 6) is -5.74. The second kappa shape index (κ2) is 14.0. The monoisotopic (exact) mass is 367 g/mol. The van der Waals surface area contributed by atoms with Crippen LogP contribution in [0, 0.1) is 0 Å². The second-order valence-electron chi connectivity index (χ2n) is 5.77. The number of halogens is 1. The maximum absolute atomic E-state index is 11.0. The minimum atomic E-state index is -2.96. The normalized spacial score (nSPS) is 10.9. The third-order valence-electron chi connectivity index (χ3n) is 3.88. The van der Waals surface area contributed by atoms with Gasteiger partial charge in [-0.25, -0.2) is 14.4 Å². The van der Waals surface area contributed by atoms with E-state index in [1.54, 1.807) is 0 Å². The fourth-order valence-electron chi connectivity index (χ4n) is 2.39. The third-order valence-corrected chi connectivity index (χ3v) is 3.88. The lowest BCUT2D eigenvalue weighted by Crippen LogP contribution is -2.64. The molecule has 0 aromatic carbocycles. The van der Waals surface area contributed by atoms with Gasteiger partial charge in [0.25, 0.3) is 0 Å². The van der Waals surface area contributed by atoms with Gasteiger partial charge in [-0.15, -0.1) is 12.4 Å². The van der Waals surface area contributed by atoms with Gasteiger partial charge in [0, 0.05) is 0 Å².